The Bertz CT molecular complexity index is 292. The van der Waals surface area contributed by atoms with Crippen molar-refractivity contribution in [3.05, 3.63) is 0 Å². The zero-order valence-corrected chi connectivity index (χ0v) is 9.20. The van der Waals surface area contributed by atoms with E-state index in [9.17, 15) is 9.59 Å². The van der Waals surface area contributed by atoms with Gasteiger partial charge in [-0.1, -0.05) is 0 Å². The number of aliphatic carboxylic acids is 1. The minimum absolute atomic E-state index is 0.00514. The molecule has 1 saturated carbocycles. The van der Waals surface area contributed by atoms with Crippen LogP contribution in [0.4, 0.5) is 0 Å². The first-order chi connectivity index (χ1) is 7.61. The van der Waals surface area contributed by atoms with Crippen LogP contribution in [0, 0.1) is 5.92 Å². The van der Waals surface area contributed by atoms with Crippen LogP contribution in [0.5, 0.6) is 0 Å². The molecule has 2 rings (SSSR count). The first kappa shape index (κ1) is 11.4. The monoisotopic (exact) mass is 227 g/mol. The van der Waals surface area contributed by atoms with E-state index in [4.69, 9.17) is 9.84 Å². The highest BCUT2D eigenvalue weighted by Gasteiger charge is 2.40. The van der Waals surface area contributed by atoms with E-state index < -0.39 is 11.5 Å². The zero-order chi connectivity index (χ0) is 11.6. The number of rotatable bonds is 4. The van der Waals surface area contributed by atoms with Crippen LogP contribution in [0.15, 0.2) is 0 Å². The lowest BCUT2D eigenvalue weighted by atomic mass is 9.86. The molecule has 0 aromatic rings. The molecule has 2 aliphatic rings. The van der Waals surface area contributed by atoms with Gasteiger partial charge in [0.05, 0.1) is 12.0 Å². The van der Waals surface area contributed by atoms with Gasteiger partial charge in [0, 0.05) is 19.1 Å². The highest BCUT2D eigenvalue weighted by molar-refractivity contribution is 5.82. The molecule has 5 nitrogen and oxygen atoms in total. The van der Waals surface area contributed by atoms with Crippen molar-refractivity contribution in [1.82, 2.24) is 5.32 Å². The molecule has 2 N–H and O–H groups in total. The van der Waals surface area contributed by atoms with E-state index in [-0.39, 0.29) is 18.2 Å². The number of hydrogen-bond donors (Lipinski definition) is 2. The highest BCUT2D eigenvalue weighted by Crippen LogP contribution is 2.32. The second kappa shape index (κ2) is 4.41. The van der Waals surface area contributed by atoms with E-state index in [0.29, 0.717) is 26.1 Å². The molecule has 0 atom stereocenters. The van der Waals surface area contributed by atoms with Crippen LogP contribution in [-0.4, -0.2) is 35.7 Å². The Morgan fingerprint density at radius 1 is 1.31 bits per heavy atom. The van der Waals surface area contributed by atoms with Gasteiger partial charge in [0.2, 0.25) is 5.91 Å². The molecule has 0 radical (unpaired) electrons. The van der Waals surface area contributed by atoms with Crippen molar-refractivity contribution < 1.29 is 19.4 Å². The fourth-order valence-electron chi connectivity index (χ4n) is 2.11. The van der Waals surface area contributed by atoms with Gasteiger partial charge < -0.3 is 15.2 Å². The fourth-order valence-corrected chi connectivity index (χ4v) is 2.11. The SMILES string of the molecule is O=C(O)CC1(NC(=O)C2CC2)CCOCC1. The summed E-state index contributed by atoms with van der Waals surface area (Å²) in [6, 6.07) is 0. The standard InChI is InChI=1S/C11H17NO4/c13-9(14)7-11(3-5-16-6-4-11)12-10(15)8-1-2-8/h8H,1-7H2,(H,12,15)(H,13,14). The van der Waals surface area contributed by atoms with Gasteiger partial charge in [-0.2, -0.15) is 0 Å². The molecular formula is C11H17NO4. The Kier molecular flexibility index (Phi) is 3.14. The number of carbonyl (C=O) groups excluding carboxylic acids is 1. The molecule has 1 heterocycles. The van der Waals surface area contributed by atoms with E-state index in [1.54, 1.807) is 0 Å². The number of carbonyl (C=O) groups is 2. The van der Waals surface area contributed by atoms with Gasteiger partial charge >= 0.3 is 5.97 Å². The van der Waals surface area contributed by atoms with Gasteiger partial charge in [0.1, 0.15) is 0 Å². The number of hydrogen-bond acceptors (Lipinski definition) is 3. The molecule has 1 aliphatic heterocycles. The van der Waals surface area contributed by atoms with Crippen LogP contribution in [0.1, 0.15) is 32.1 Å². The van der Waals surface area contributed by atoms with Crippen molar-refractivity contribution >= 4 is 11.9 Å². The van der Waals surface area contributed by atoms with Gasteiger partial charge in [-0.05, 0) is 25.7 Å². The molecule has 0 aromatic carbocycles. The predicted octanol–water partition coefficient (Wildman–Crippen LogP) is 0.536. The van der Waals surface area contributed by atoms with Crippen molar-refractivity contribution in [3.63, 3.8) is 0 Å². The second-order valence-corrected chi connectivity index (χ2v) is 4.73. The lowest BCUT2D eigenvalue weighted by molar-refractivity contribution is -0.140. The average Bonchev–Trinajstić information content (AvgIpc) is 3.00. The lowest BCUT2D eigenvalue weighted by Gasteiger charge is -2.36. The Morgan fingerprint density at radius 3 is 2.44 bits per heavy atom. The van der Waals surface area contributed by atoms with Gasteiger partial charge in [0.25, 0.3) is 0 Å². The smallest absolute Gasteiger partial charge is 0.305 e. The molecule has 2 fully saturated rings. The third-order valence-corrected chi connectivity index (χ3v) is 3.28. The summed E-state index contributed by atoms with van der Waals surface area (Å²) < 4.78 is 5.22. The maximum Gasteiger partial charge on any atom is 0.305 e. The van der Waals surface area contributed by atoms with Crippen molar-refractivity contribution in [2.24, 2.45) is 5.92 Å². The summed E-state index contributed by atoms with van der Waals surface area (Å²) in [7, 11) is 0. The minimum atomic E-state index is -0.863. The molecule has 0 aromatic heterocycles. The van der Waals surface area contributed by atoms with Gasteiger partial charge in [-0.15, -0.1) is 0 Å². The Hall–Kier alpha value is -1.10. The normalized spacial score (nSPS) is 23.8. The van der Waals surface area contributed by atoms with Crippen LogP contribution >= 0.6 is 0 Å². The quantitative estimate of drug-likeness (QED) is 0.734. The van der Waals surface area contributed by atoms with E-state index >= 15 is 0 Å². The minimum Gasteiger partial charge on any atom is -0.481 e. The lowest BCUT2D eigenvalue weighted by Crippen LogP contribution is -2.53. The summed E-state index contributed by atoms with van der Waals surface area (Å²) in [5.74, 6) is -0.727. The molecule has 5 heteroatoms. The number of carboxylic acids is 1. The number of ether oxygens (including phenoxy) is 1. The summed E-state index contributed by atoms with van der Waals surface area (Å²) in [5, 5.41) is 11.8. The third-order valence-electron chi connectivity index (χ3n) is 3.28. The molecular weight excluding hydrogens is 210 g/mol. The van der Waals surface area contributed by atoms with Crippen LogP contribution < -0.4 is 5.32 Å². The van der Waals surface area contributed by atoms with E-state index in [2.05, 4.69) is 5.32 Å². The summed E-state index contributed by atoms with van der Waals surface area (Å²) in [6.45, 7) is 1.05. The number of carboxylic acid groups (broad SMARTS) is 1. The molecule has 0 unspecified atom stereocenters. The highest BCUT2D eigenvalue weighted by atomic mass is 16.5. The first-order valence-corrected chi connectivity index (χ1v) is 5.73. The topological polar surface area (TPSA) is 75.6 Å². The fraction of sp³-hybridized carbons (Fsp3) is 0.818. The molecule has 90 valence electrons. The summed E-state index contributed by atoms with van der Waals surface area (Å²) in [5.41, 5.74) is -0.580. The second-order valence-electron chi connectivity index (χ2n) is 4.73. The Morgan fingerprint density at radius 2 is 1.94 bits per heavy atom. The summed E-state index contributed by atoms with van der Waals surface area (Å²) in [4.78, 5) is 22.6. The largest absolute Gasteiger partial charge is 0.481 e. The van der Waals surface area contributed by atoms with Crippen LogP contribution in [0.25, 0.3) is 0 Å². The van der Waals surface area contributed by atoms with Crippen molar-refractivity contribution in [1.29, 1.82) is 0 Å². The van der Waals surface area contributed by atoms with Crippen LogP contribution in [0.2, 0.25) is 0 Å². The van der Waals surface area contributed by atoms with Crippen LogP contribution in [0.3, 0.4) is 0 Å². The summed E-state index contributed by atoms with van der Waals surface area (Å²) in [6.07, 6.45) is 3.06. The predicted molar refractivity (Wildman–Crippen MR) is 55.9 cm³/mol. The molecule has 1 aliphatic carbocycles. The van der Waals surface area contributed by atoms with Gasteiger partial charge in [-0.25, -0.2) is 0 Å². The zero-order valence-electron chi connectivity index (χ0n) is 9.20. The average molecular weight is 227 g/mol. The maximum absolute atomic E-state index is 11.7. The molecule has 1 saturated heterocycles. The summed E-state index contributed by atoms with van der Waals surface area (Å²) >= 11 is 0. The maximum atomic E-state index is 11.7. The Balaban J connectivity index is 1.99. The van der Waals surface area contributed by atoms with E-state index in [1.807, 2.05) is 0 Å². The first-order valence-electron chi connectivity index (χ1n) is 5.73. The molecule has 0 spiro atoms. The number of amides is 1. The molecule has 0 bridgehead atoms. The van der Waals surface area contributed by atoms with Crippen LogP contribution in [-0.2, 0) is 14.3 Å². The van der Waals surface area contributed by atoms with Gasteiger partial charge in [-0.3, -0.25) is 9.59 Å². The molecule has 1 amide bonds. The Labute approximate surface area is 94.2 Å². The van der Waals surface area contributed by atoms with Gasteiger partial charge in [0.15, 0.2) is 0 Å². The molecule has 16 heavy (non-hydrogen) atoms. The van der Waals surface area contributed by atoms with Crippen molar-refractivity contribution in [2.75, 3.05) is 13.2 Å². The number of nitrogens with one attached hydrogen (secondary N) is 1. The van der Waals surface area contributed by atoms with Crippen molar-refractivity contribution in [2.45, 2.75) is 37.6 Å². The van der Waals surface area contributed by atoms with Crippen molar-refractivity contribution in [3.8, 4) is 0 Å². The van der Waals surface area contributed by atoms with E-state index in [0.717, 1.165) is 12.8 Å². The third kappa shape index (κ3) is 2.72. The van der Waals surface area contributed by atoms with E-state index in [1.165, 1.54) is 0 Å².